The Hall–Kier alpha value is -1.81. The van der Waals surface area contributed by atoms with Crippen LogP contribution in [0, 0.1) is 17.0 Å². The Labute approximate surface area is 195 Å². The zero-order valence-electron chi connectivity index (χ0n) is 20.6. The van der Waals surface area contributed by atoms with Crippen LogP contribution in [-0.2, 0) is 20.6 Å². The molecule has 7 nitrogen and oxygen atoms in total. The minimum atomic E-state index is -1.24. The largest absolute Gasteiger partial charge is 0.444 e. The lowest BCUT2D eigenvalue weighted by Crippen LogP contribution is -2.65. The van der Waals surface area contributed by atoms with E-state index in [9.17, 15) is 18.7 Å². The molecule has 188 valence electrons. The number of aliphatic hydroxyl groups is 1. The monoisotopic (exact) mass is 472 g/mol. The summed E-state index contributed by atoms with van der Waals surface area (Å²) in [7, 11) is 0. The van der Waals surface area contributed by atoms with Gasteiger partial charge in [0.1, 0.15) is 17.2 Å². The van der Waals surface area contributed by atoms with E-state index in [2.05, 4.69) is 0 Å². The van der Waals surface area contributed by atoms with Crippen LogP contribution in [0.4, 0.5) is 13.6 Å². The predicted molar refractivity (Wildman–Crippen MR) is 121 cm³/mol. The number of benzene rings is 1. The molecule has 0 spiro atoms. The van der Waals surface area contributed by atoms with Crippen molar-refractivity contribution in [3.8, 4) is 0 Å². The Kier molecular flexibility index (Phi) is 8.84. The van der Waals surface area contributed by atoms with Crippen LogP contribution < -0.4 is 5.73 Å². The zero-order valence-corrected chi connectivity index (χ0v) is 20.6. The van der Waals surface area contributed by atoms with Crippen molar-refractivity contribution in [1.82, 2.24) is 4.90 Å². The number of carbonyl (C=O) groups is 1. The molecule has 1 aromatic rings. The van der Waals surface area contributed by atoms with Crippen LogP contribution in [0.3, 0.4) is 0 Å². The highest BCUT2D eigenvalue weighted by Gasteiger charge is 2.45. The van der Waals surface area contributed by atoms with Gasteiger partial charge in [-0.1, -0.05) is 20.8 Å². The Morgan fingerprint density at radius 3 is 2.30 bits per heavy atom. The van der Waals surface area contributed by atoms with Crippen LogP contribution in [0.1, 0.15) is 54.0 Å². The van der Waals surface area contributed by atoms with Gasteiger partial charge in [-0.2, -0.15) is 0 Å². The minimum absolute atomic E-state index is 0.00678. The molecule has 0 aliphatic carbocycles. The number of morpholine rings is 1. The first-order chi connectivity index (χ1) is 15.1. The molecular weight excluding hydrogens is 434 g/mol. The number of ether oxygens (including phenoxy) is 3. The van der Waals surface area contributed by atoms with Crippen LogP contribution in [0.5, 0.6) is 0 Å². The van der Waals surface area contributed by atoms with E-state index < -0.39 is 53.8 Å². The fraction of sp³-hybridized carbons (Fsp3) is 0.708. The normalized spacial score (nSPS) is 23.8. The van der Waals surface area contributed by atoms with Gasteiger partial charge in [-0.05, 0) is 57.2 Å². The Balaban J connectivity index is 2.23. The molecule has 1 heterocycles. The number of hydrogen-bond acceptors (Lipinski definition) is 6. The summed E-state index contributed by atoms with van der Waals surface area (Å²) in [4.78, 5) is 14.5. The lowest BCUT2D eigenvalue weighted by Gasteiger charge is -2.47. The number of halogens is 2. The molecule has 0 bridgehead atoms. The number of aliphatic hydroxyl groups excluding tert-OH is 1. The third-order valence-electron chi connectivity index (χ3n) is 5.13. The van der Waals surface area contributed by atoms with E-state index in [1.54, 1.807) is 27.7 Å². The highest BCUT2D eigenvalue weighted by molar-refractivity contribution is 5.69. The molecule has 1 aromatic carbocycles. The average Bonchev–Trinajstić information content (AvgIpc) is 2.63. The van der Waals surface area contributed by atoms with Gasteiger partial charge in [0.2, 0.25) is 0 Å². The second-order valence-corrected chi connectivity index (χ2v) is 10.9. The van der Waals surface area contributed by atoms with E-state index in [1.807, 2.05) is 20.8 Å². The molecule has 3 N–H and O–H groups in total. The predicted octanol–water partition coefficient (Wildman–Crippen LogP) is 3.61. The molecule has 0 unspecified atom stereocenters. The molecule has 5 atom stereocenters. The standard InChI is InChI=1S/C24H38F2N2O5/c1-14-21(32-13-23(2,3)4)31-12-19(28(14)22(30)33-24(5,6)7)20(29)18(27)10-15-8-16(25)11-17(26)9-15/h8-9,11,14,18-21,29H,10,12-13,27H2,1-7H3/t14-,18-,19+,20+,21-/m0/s1. The summed E-state index contributed by atoms with van der Waals surface area (Å²) >= 11 is 0. The third-order valence-corrected chi connectivity index (χ3v) is 5.13. The second kappa shape index (κ2) is 10.6. The Morgan fingerprint density at radius 1 is 1.21 bits per heavy atom. The second-order valence-electron chi connectivity index (χ2n) is 10.9. The molecule has 1 saturated heterocycles. The van der Waals surface area contributed by atoms with Crippen LogP contribution in [0.25, 0.3) is 0 Å². The summed E-state index contributed by atoms with van der Waals surface area (Å²) in [6.45, 7) is 13.4. The zero-order chi connectivity index (χ0) is 25.1. The summed E-state index contributed by atoms with van der Waals surface area (Å²) in [5.74, 6) is -1.45. The van der Waals surface area contributed by atoms with Crippen molar-refractivity contribution in [3.63, 3.8) is 0 Å². The Morgan fingerprint density at radius 2 is 1.79 bits per heavy atom. The minimum Gasteiger partial charge on any atom is -0.444 e. The lowest BCUT2D eigenvalue weighted by atomic mass is 9.94. The summed E-state index contributed by atoms with van der Waals surface area (Å²) in [6.07, 6.45) is -2.58. The van der Waals surface area contributed by atoms with E-state index in [-0.39, 0.29) is 18.4 Å². The smallest absolute Gasteiger partial charge is 0.411 e. The van der Waals surface area contributed by atoms with Crippen LogP contribution in [-0.4, -0.2) is 65.4 Å². The maximum Gasteiger partial charge on any atom is 0.411 e. The molecule has 9 heteroatoms. The maximum absolute atomic E-state index is 13.6. The van der Waals surface area contributed by atoms with Gasteiger partial charge in [-0.15, -0.1) is 0 Å². The third kappa shape index (κ3) is 8.17. The van der Waals surface area contributed by atoms with Gasteiger partial charge in [-0.25, -0.2) is 13.6 Å². The molecule has 1 fully saturated rings. The fourth-order valence-corrected chi connectivity index (χ4v) is 3.65. The maximum atomic E-state index is 13.6. The first-order valence-electron chi connectivity index (χ1n) is 11.2. The van der Waals surface area contributed by atoms with Gasteiger partial charge in [0.15, 0.2) is 6.29 Å². The van der Waals surface area contributed by atoms with E-state index in [0.29, 0.717) is 12.2 Å². The van der Waals surface area contributed by atoms with Gasteiger partial charge < -0.3 is 25.1 Å². The van der Waals surface area contributed by atoms with E-state index in [1.165, 1.54) is 4.90 Å². The molecule has 0 aromatic heterocycles. The van der Waals surface area contributed by atoms with Crippen molar-refractivity contribution < 1.29 is 32.9 Å². The van der Waals surface area contributed by atoms with Crippen molar-refractivity contribution in [2.75, 3.05) is 13.2 Å². The number of rotatable bonds is 6. The molecule has 0 radical (unpaired) electrons. The molecule has 2 rings (SSSR count). The number of hydrogen-bond donors (Lipinski definition) is 2. The average molecular weight is 473 g/mol. The van der Waals surface area contributed by atoms with Crippen LogP contribution in [0.15, 0.2) is 18.2 Å². The molecule has 1 amide bonds. The first kappa shape index (κ1) is 27.4. The number of nitrogens with zero attached hydrogens (tertiary/aromatic N) is 1. The van der Waals surface area contributed by atoms with E-state index in [0.717, 1.165) is 18.2 Å². The van der Waals surface area contributed by atoms with Gasteiger partial charge in [0.25, 0.3) is 0 Å². The van der Waals surface area contributed by atoms with Gasteiger partial charge in [0.05, 0.1) is 31.4 Å². The number of carbonyl (C=O) groups excluding carboxylic acids is 1. The summed E-state index contributed by atoms with van der Waals surface area (Å²) in [6, 6.07) is 0.774. The topological polar surface area (TPSA) is 94.2 Å². The van der Waals surface area contributed by atoms with E-state index >= 15 is 0 Å². The van der Waals surface area contributed by atoms with Crippen molar-refractivity contribution >= 4 is 6.09 Å². The van der Waals surface area contributed by atoms with Gasteiger partial charge >= 0.3 is 6.09 Å². The summed E-state index contributed by atoms with van der Waals surface area (Å²) < 4.78 is 44.5. The lowest BCUT2D eigenvalue weighted by molar-refractivity contribution is -0.233. The highest BCUT2D eigenvalue weighted by Crippen LogP contribution is 2.27. The van der Waals surface area contributed by atoms with Crippen molar-refractivity contribution in [1.29, 1.82) is 0 Å². The molecule has 1 aliphatic rings. The molecule has 0 saturated carbocycles. The number of amides is 1. The van der Waals surface area contributed by atoms with E-state index in [4.69, 9.17) is 19.9 Å². The van der Waals surface area contributed by atoms with Gasteiger partial charge in [-0.3, -0.25) is 4.90 Å². The van der Waals surface area contributed by atoms with Crippen LogP contribution >= 0.6 is 0 Å². The van der Waals surface area contributed by atoms with Crippen LogP contribution in [0.2, 0.25) is 0 Å². The summed E-state index contributed by atoms with van der Waals surface area (Å²) in [5.41, 5.74) is 5.64. The first-order valence-corrected chi connectivity index (χ1v) is 11.2. The Bertz CT molecular complexity index is 789. The number of nitrogens with two attached hydrogens (primary N) is 1. The quantitative estimate of drug-likeness (QED) is 0.657. The molecular formula is C24H38F2N2O5. The fourth-order valence-electron chi connectivity index (χ4n) is 3.65. The van der Waals surface area contributed by atoms with Gasteiger partial charge in [0, 0.05) is 12.1 Å². The molecule has 33 heavy (non-hydrogen) atoms. The van der Waals surface area contributed by atoms with Crippen molar-refractivity contribution in [3.05, 3.63) is 35.4 Å². The summed E-state index contributed by atoms with van der Waals surface area (Å²) in [5, 5.41) is 11.0. The highest BCUT2D eigenvalue weighted by atomic mass is 19.1. The molecule has 1 aliphatic heterocycles. The SMILES string of the molecule is C[C@H]1[C@H](OCC(C)(C)C)OC[C@H]([C@H](O)[C@@H](N)Cc2cc(F)cc(F)c2)N1C(=O)OC(C)(C)C. The van der Waals surface area contributed by atoms with Crippen molar-refractivity contribution in [2.24, 2.45) is 11.1 Å². The van der Waals surface area contributed by atoms with Crippen molar-refractivity contribution in [2.45, 2.75) is 91.0 Å².